The van der Waals surface area contributed by atoms with Gasteiger partial charge in [-0.3, -0.25) is 0 Å². The summed E-state index contributed by atoms with van der Waals surface area (Å²) in [5.74, 6) is 0. The molecule has 2 unspecified atom stereocenters. The summed E-state index contributed by atoms with van der Waals surface area (Å²) in [6.45, 7) is 6.74. The van der Waals surface area contributed by atoms with Crippen LogP contribution in [0.25, 0.3) is 0 Å². The Bertz CT molecular complexity index is 292. The maximum Gasteiger partial charge on any atom is 0.0897 e. The largest absolute Gasteiger partial charge is 0.389 e. The Balaban J connectivity index is 2.04. The highest BCUT2D eigenvalue weighted by Gasteiger charge is 2.09. The van der Waals surface area contributed by atoms with Gasteiger partial charge in [0, 0.05) is 24.1 Å². The molecule has 1 rings (SSSR count). The van der Waals surface area contributed by atoms with Gasteiger partial charge >= 0.3 is 0 Å². The molecular formula is C13H23NO3S. The lowest BCUT2D eigenvalue weighted by Crippen LogP contribution is -2.32. The second kappa shape index (κ2) is 9.47. The zero-order chi connectivity index (χ0) is 13.2. The van der Waals surface area contributed by atoms with Crippen molar-refractivity contribution >= 4 is 11.3 Å². The third-order valence-electron chi connectivity index (χ3n) is 2.52. The summed E-state index contributed by atoms with van der Waals surface area (Å²) >= 11 is 1.72. The molecule has 5 heteroatoms. The first-order valence-corrected chi connectivity index (χ1v) is 7.22. The molecule has 2 atom stereocenters. The van der Waals surface area contributed by atoms with E-state index in [-0.39, 0.29) is 6.04 Å². The summed E-state index contributed by atoms with van der Waals surface area (Å²) in [5, 5.41) is 15.1. The number of nitrogens with one attached hydrogen (secondary N) is 1. The van der Waals surface area contributed by atoms with Crippen molar-refractivity contribution in [3.8, 4) is 0 Å². The van der Waals surface area contributed by atoms with Crippen molar-refractivity contribution in [1.29, 1.82) is 0 Å². The van der Waals surface area contributed by atoms with Crippen molar-refractivity contribution in [3.63, 3.8) is 0 Å². The predicted octanol–water partition coefficient (Wildman–Crippen LogP) is 1.81. The molecule has 1 aromatic rings. The molecule has 1 heterocycles. The molecule has 18 heavy (non-hydrogen) atoms. The number of hydrogen-bond donors (Lipinski definition) is 2. The molecule has 0 aliphatic carbocycles. The van der Waals surface area contributed by atoms with E-state index in [1.165, 1.54) is 4.88 Å². The van der Waals surface area contributed by atoms with Crippen molar-refractivity contribution in [2.24, 2.45) is 0 Å². The van der Waals surface area contributed by atoms with Gasteiger partial charge in [0.25, 0.3) is 0 Å². The lowest BCUT2D eigenvalue weighted by atomic mass is 10.2. The van der Waals surface area contributed by atoms with Gasteiger partial charge in [-0.1, -0.05) is 6.07 Å². The van der Waals surface area contributed by atoms with Crippen LogP contribution in [-0.4, -0.2) is 44.2 Å². The zero-order valence-corrected chi connectivity index (χ0v) is 11.9. The maximum absolute atomic E-state index is 9.73. The van der Waals surface area contributed by atoms with E-state index in [0.29, 0.717) is 33.0 Å². The van der Waals surface area contributed by atoms with Gasteiger partial charge in [0.1, 0.15) is 0 Å². The fourth-order valence-corrected chi connectivity index (χ4v) is 2.25. The van der Waals surface area contributed by atoms with E-state index in [4.69, 9.17) is 9.47 Å². The van der Waals surface area contributed by atoms with Crippen LogP contribution >= 0.6 is 11.3 Å². The van der Waals surface area contributed by atoms with Gasteiger partial charge in [0.15, 0.2) is 0 Å². The topological polar surface area (TPSA) is 50.7 Å². The van der Waals surface area contributed by atoms with Crippen molar-refractivity contribution in [3.05, 3.63) is 22.4 Å². The van der Waals surface area contributed by atoms with Gasteiger partial charge in [0.2, 0.25) is 0 Å². The third kappa shape index (κ3) is 6.47. The molecule has 2 N–H and O–H groups in total. The summed E-state index contributed by atoms with van der Waals surface area (Å²) < 4.78 is 10.4. The Hall–Kier alpha value is -0.460. The average molecular weight is 273 g/mol. The summed E-state index contributed by atoms with van der Waals surface area (Å²) in [6.07, 6.45) is -0.478. The van der Waals surface area contributed by atoms with E-state index >= 15 is 0 Å². The van der Waals surface area contributed by atoms with E-state index in [1.807, 2.05) is 13.0 Å². The minimum absolute atomic E-state index is 0.267. The summed E-state index contributed by atoms with van der Waals surface area (Å²) in [5.41, 5.74) is 0. The second-order valence-electron chi connectivity index (χ2n) is 4.07. The molecule has 0 fully saturated rings. The highest BCUT2D eigenvalue weighted by molar-refractivity contribution is 7.10. The second-order valence-corrected chi connectivity index (χ2v) is 5.05. The minimum Gasteiger partial charge on any atom is -0.389 e. The van der Waals surface area contributed by atoms with Crippen molar-refractivity contribution in [2.75, 3.05) is 33.0 Å². The predicted molar refractivity (Wildman–Crippen MR) is 74.1 cm³/mol. The van der Waals surface area contributed by atoms with Crippen LogP contribution in [0.4, 0.5) is 0 Å². The molecule has 1 aromatic heterocycles. The Morgan fingerprint density at radius 1 is 1.39 bits per heavy atom. The summed E-state index contributed by atoms with van der Waals surface area (Å²) in [7, 11) is 0. The fraction of sp³-hybridized carbons (Fsp3) is 0.692. The quantitative estimate of drug-likeness (QED) is 0.638. The van der Waals surface area contributed by atoms with Gasteiger partial charge < -0.3 is 19.9 Å². The maximum atomic E-state index is 9.73. The van der Waals surface area contributed by atoms with Crippen LogP contribution in [0.15, 0.2) is 17.5 Å². The standard InChI is InChI=1S/C13H23NO3S/c1-3-16-6-7-17-10-12(15)9-14-11(2)13-5-4-8-18-13/h4-5,8,11-12,14-15H,3,6-7,9-10H2,1-2H3. The highest BCUT2D eigenvalue weighted by Crippen LogP contribution is 2.17. The minimum atomic E-state index is -0.478. The molecular weight excluding hydrogens is 250 g/mol. The smallest absolute Gasteiger partial charge is 0.0897 e. The molecule has 0 amide bonds. The van der Waals surface area contributed by atoms with Crippen LogP contribution in [0.5, 0.6) is 0 Å². The molecule has 0 aliphatic heterocycles. The number of rotatable bonds is 10. The molecule has 0 bridgehead atoms. The first kappa shape index (κ1) is 15.6. The van der Waals surface area contributed by atoms with Crippen LogP contribution in [0.1, 0.15) is 24.8 Å². The third-order valence-corrected chi connectivity index (χ3v) is 3.57. The first-order valence-electron chi connectivity index (χ1n) is 6.34. The number of hydrogen-bond acceptors (Lipinski definition) is 5. The SMILES string of the molecule is CCOCCOCC(O)CNC(C)c1cccs1. The van der Waals surface area contributed by atoms with E-state index in [2.05, 4.69) is 23.7 Å². The van der Waals surface area contributed by atoms with Crippen LogP contribution in [0, 0.1) is 0 Å². The van der Waals surface area contributed by atoms with Crippen LogP contribution in [-0.2, 0) is 9.47 Å². The molecule has 0 aromatic carbocycles. The van der Waals surface area contributed by atoms with Crippen LogP contribution in [0.2, 0.25) is 0 Å². The molecule has 0 aliphatic rings. The van der Waals surface area contributed by atoms with Gasteiger partial charge in [-0.15, -0.1) is 11.3 Å². The lowest BCUT2D eigenvalue weighted by molar-refractivity contribution is 0.00588. The summed E-state index contributed by atoms with van der Waals surface area (Å²) in [4.78, 5) is 1.28. The monoisotopic (exact) mass is 273 g/mol. The Labute approximate surface area is 113 Å². The van der Waals surface area contributed by atoms with Crippen molar-refractivity contribution in [2.45, 2.75) is 26.0 Å². The van der Waals surface area contributed by atoms with Crippen LogP contribution < -0.4 is 5.32 Å². The average Bonchev–Trinajstić information content (AvgIpc) is 2.89. The molecule has 0 saturated carbocycles. The van der Waals surface area contributed by atoms with E-state index in [0.717, 1.165) is 0 Å². The fourth-order valence-electron chi connectivity index (χ4n) is 1.49. The Morgan fingerprint density at radius 2 is 2.17 bits per heavy atom. The normalized spacial score (nSPS) is 14.6. The zero-order valence-electron chi connectivity index (χ0n) is 11.1. The number of aliphatic hydroxyl groups is 1. The summed E-state index contributed by atoms with van der Waals surface area (Å²) in [6, 6.07) is 4.39. The molecule has 4 nitrogen and oxygen atoms in total. The number of ether oxygens (including phenoxy) is 2. The molecule has 0 spiro atoms. The molecule has 104 valence electrons. The Morgan fingerprint density at radius 3 is 2.83 bits per heavy atom. The number of thiophene rings is 1. The van der Waals surface area contributed by atoms with Crippen molar-refractivity contribution < 1.29 is 14.6 Å². The van der Waals surface area contributed by atoms with Gasteiger partial charge in [0.05, 0.1) is 25.9 Å². The first-order chi connectivity index (χ1) is 8.74. The van der Waals surface area contributed by atoms with E-state index < -0.39 is 6.10 Å². The lowest BCUT2D eigenvalue weighted by Gasteiger charge is -2.16. The van der Waals surface area contributed by atoms with Crippen molar-refractivity contribution in [1.82, 2.24) is 5.32 Å². The number of aliphatic hydroxyl groups excluding tert-OH is 1. The molecule has 0 radical (unpaired) electrons. The highest BCUT2D eigenvalue weighted by atomic mass is 32.1. The van der Waals surface area contributed by atoms with Gasteiger partial charge in [-0.2, -0.15) is 0 Å². The van der Waals surface area contributed by atoms with E-state index in [1.54, 1.807) is 11.3 Å². The van der Waals surface area contributed by atoms with E-state index in [9.17, 15) is 5.11 Å². The molecule has 0 saturated heterocycles. The van der Waals surface area contributed by atoms with Gasteiger partial charge in [-0.05, 0) is 25.3 Å². The van der Waals surface area contributed by atoms with Crippen LogP contribution in [0.3, 0.4) is 0 Å². The van der Waals surface area contributed by atoms with Gasteiger partial charge in [-0.25, -0.2) is 0 Å². The Kier molecular flexibility index (Phi) is 8.20.